The average Bonchev–Trinajstić information content (AvgIpc) is 2.53. The number of benzene rings is 1. The molecule has 4 heteroatoms. The molecule has 1 aromatic carbocycles. The molecule has 0 aliphatic carbocycles. The highest BCUT2D eigenvalue weighted by Crippen LogP contribution is 2.36. The van der Waals surface area contributed by atoms with Gasteiger partial charge < -0.3 is 10.6 Å². The van der Waals surface area contributed by atoms with Crippen molar-refractivity contribution in [3.8, 4) is 0 Å². The zero-order valence-corrected chi connectivity index (χ0v) is 12.5. The third kappa shape index (κ3) is 3.18. The van der Waals surface area contributed by atoms with Gasteiger partial charge >= 0.3 is 0 Å². The molecule has 0 aromatic heterocycles. The first-order valence-corrected chi connectivity index (χ1v) is 8.57. The maximum absolute atomic E-state index is 12.5. The van der Waals surface area contributed by atoms with Crippen molar-refractivity contribution in [2.75, 3.05) is 25.4 Å². The Kier molecular flexibility index (Phi) is 4.63. The largest absolute Gasteiger partial charge is 0.355 e. The molecule has 1 saturated heterocycles. The normalized spacial score (nSPS) is 25.8. The summed E-state index contributed by atoms with van der Waals surface area (Å²) in [6, 6.07) is 8.36. The topological polar surface area (TPSA) is 41.1 Å². The number of rotatable bonds is 3. The highest BCUT2D eigenvalue weighted by atomic mass is 32.2. The number of aryl methyl sites for hydroxylation is 1. The SMILES string of the molecule is O=C(NCC1CCCNC1)C1SCCc2ccccc21. The van der Waals surface area contributed by atoms with Crippen LogP contribution in [0.1, 0.15) is 29.2 Å². The molecule has 2 N–H and O–H groups in total. The Bertz CT molecular complexity index is 471. The fourth-order valence-corrected chi connectivity index (χ4v) is 4.26. The van der Waals surface area contributed by atoms with Gasteiger partial charge in [0, 0.05) is 6.54 Å². The van der Waals surface area contributed by atoms with Crippen LogP contribution < -0.4 is 10.6 Å². The molecule has 2 aliphatic rings. The van der Waals surface area contributed by atoms with Crippen molar-refractivity contribution < 1.29 is 4.79 Å². The molecule has 0 bridgehead atoms. The molecule has 2 heterocycles. The molecule has 2 unspecified atom stereocenters. The summed E-state index contributed by atoms with van der Waals surface area (Å²) in [6.07, 6.45) is 3.53. The first-order valence-electron chi connectivity index (χ1n) is 7.52. The number of nitrogens with one attached hydrogen (secondary N) is 2. The Balaban J connectivity index is 1.60. The number of carbonyl (C=O) groups is 1. The summed E-state index contributed by atoms with van der Waals surface area (Å²) in [5, 5.41) is 6.54. The van der Waals surface area contributed by atoms with Crippen molar-refractivity contribution >= 4 is 17.7 Å². The molecule has 2 aliphatic heterocycles. The van der Waals surface area contributed by atoms with Crippen LogP contribution in [0.15, 0.2) is 24.3 Å². The summed E-state index contributed by atoms with van der Waals surface area (Å²) >= 11 is 1.77. The number of fused-ring (bicyclic) bond motifs is 1. The highest BCUT2D eigenvalue weighted by molar-refractivity contribution is 8.00. The van der Waals surface area contributed by atoms with Gasteiger partial charge in [0.2, 0.25) is 5.91 Å². The van der Waals surface area contributed by atoms with E-state index in [0.29, 0.717) is 5.92 Å². The third-order valence-electron chi connectivity index (χ3n) is 4.20. The van der Waals surface area contributed by atoms with Crippen LogP contribution in [-0.4, -0.2) is 31.3 Å². The Morgan fingerprint density at radius 3 is 3.15 bits per heavy atom. The van der Waals surface area contributed by atoms with Gasteiger partial charge in [-0.05, 0) is 55.1 Å². The minimum Gasteiger partial charge on any atom is -0.355 e. The smallest absolute Gasteiger partial charge is 0.237 e. The number of thioether (sulfide) groups is 1. The standard InChI is InChI=1S/C16H22N2OS/c19-16(18-11-12-4-3-8-17-10-12)15-14-6-2-1-5-13(14)7-9-20-15/h1-2,5-6,12,15,17H,3-4,7-11H2,(H,18,19). The maximum atomic E-state index is 12.5. The molecule has 0 radical (unpaired) electrons. The van der Waals surface area contributed by atoms with Crippen LogP contribution in [0, 0.1) is 5.92 Å². The first kappa shape index (κ1) is 14.0. The van der Waals surface area contributed by atoms with E-state index in [1.54, 1.807) is 11.8 Å². The minimum absolute atomic E-state index is 0.0171. The van der Waals surface area contributed by atoms with Gasteiger partial charge in [0.15, 0.2) is 0 Å². The van der Waals surface area contributed by atoms with Crippen LogP contribution in [0.2, 0.25) is 0 Å². The van der Waals surface area contributed by atoms with E-state index in [1.165, 1.54) is 24.0 Å². The van der Waals surface area contributed by atoms with E-state index < -0.39 is 0 Å². The molecular formula is C16H22N2OS. The zero-order chi connectivity index (χ0) is 13.8. The average molecular weight is 290 g/mol. The van der Waals surface area contributed by atoms with Crippen LogP contribution in [0.25, 0.3) is 0 Å². The van der Waals surface area contributed by atoms with Crippen molar-refractivity contribution in [1.29, 1.82) is 0 Å². The fraction of sp³-hybridized carbons (Fsp3) is 0.562. The van der Waals surface area contributed by atoms with Gasteiger partial charge in [0.05, 0.1) is 0 Å². The molecule has 108 valence electrons. The second kappa shape index (κ2) is 6.64. The monoisotopic (exact) mass is 290 g/mol. The van der Waals surface area contributed by atoms with E-state index >= 15 is 0 Å². The van der Waals surface area contributed by atoms with Crippen molar-refractivity contribution in [3.63, 3.8) is 0 Å². The maximum Gasteiger partial charge on any atom is 0.237 e. The predicted molar refractivity (Wildman–Crippen MR) is 83.9 cm³/mol. The van der Waals surface area contributed by atoms with Crippen molar-refractivity contribution in [2.24, 2.45) is 5.92 Å². The summed E-state index contributed by atoms with van der Waals surface area (Å²) in [5.74, 6) is 1.82. The summed E-state index contributed by atoms with van der Waals surface area (Å²) < 4.78 is 0. The Morgan fingerprint density at radius 2 is 2.30 bits per heavy atom. The van der Waals surface area contributed by atoms with Gasteiger partial charge in [-0.15, -0.1) is 11.8 Å². The number of amides is 1. The summed E-state index contributed by atoms with van der Waals surface area (Å²) in [5.41, 5.74) is 2.55. The lowest BCUT2D eigenvalue weighted by molar-refractivity contribution is -0.120. The van der Waals surface area contributed by atoms with Gasteiger partial charge in [0.1, 0.15) is 5.25 Å². The number of carbonyl (C=O) groups excluding carboxylic acids is 1. The van der Waals surface area contributed by atoms with Crippen molar-refractivity contribution in [3.05, 3.63) is 35.4 Å². The Morgan fingerprint density at radius 1 is 1.40 bits per heavy atom. The first-order chi connectivity index (χ1) is 9.84. The second-order valence-corrected chi connectivity index (χ2v) is 6.87. The van der Waals surface area contributed by atoms with Gasteiger partial charge in [-0.2, -0.15) is 0 Å². The molecule has 1 fully saturated rings. The Labute approximate surface area is 124 Å². The van der Waals surface area contributed by atoms with E-state index in [2.05, 4.69) is 28.8 Å². The number of hydrogen-bond donors (Lipinski definition) is 2. The molecule has 1 amide bonds. The molecule has 3 rings (SSSR count). The number of piperidine rings is 1. The lowest BCUT2D eigenvalue weighted by Gasteiger charge is -2.27. The summed E-state index contributed by atoms with van der Waals surface area (Å²) in [4.78, 5) is 12.5. The summed E-state index contributed by atoms with van der Waals surface area (Å²) in [7, 11) is 0. The zero-order valence-electron chi connectivity index (χ0n) is 11.7. The molecule has 1 aromatic rings. The van der Waals surface area contributed by atoms with Crippen LogP contribution in [0.3, 0.4) is 0 Å². The lowest BCUT2D eigenvalue weighted by Crippen LogP contribution is -2.39. The van der Waals surface area contributed by atoms with Crippen LogP contribution in [0.5, 0.6) is 0 Å². The number of hydrogen-bond acceptors (Lipinski definition) is 3. The van der Waals surface area contributed by atoms with Gasteiger partial charge in [0.25, 0.3) is 0 Å². The van der Waals surface area contributed by atoms with E-state index in [-0.39, 0.29) is 11.2 Å². The van der Waals surface area contributed by atoms with Gasteiger partial charge in [-0.3, -0.25) is 4.79 Å². The van der Waals surface area contributed by atoms with Gasteiger partial charge in [-0.1, -0.05) is 24.3 Å². The van der Waals surface area contributed by atoms with Crippen LogP contribution in [0.4, 0.5) is 0 Å². The minimum atomic E-state index is -0.0171. The van der Waals surface area contributed by atoms with E-state index in [1.807, 2.05) is 6.07 Å². The fourth-order valence-electron chi connectivity index (χ4n) is 3.05. The van der Waals surface area contributed by atoms with E-state index in [4.69, 9.17) is 0 Å². The predicted octanol–water partition coefficient (Wildman–Crippen LogP) is 2.13. The molecule has 0 saturated carbocycles. The van der Waals surface area contributed by atoms with Crippen molar-refractivity contribution in [2.45, 2.75) is 24.5 Å². The van der Waals surface area contributed by atoms with Crippen LogP contribution >= 0.6 is 11.8 Å². The van der Waals surface area contributed by atoms with E-state index in [9.17, 15) is 4.79 Å². The summed E-state index contributed by atoms with van der Waals surface area (Å²) in [6.45, 7) is 2.97. The lowest BCUT2D eigenvalue weighted by atomic mass is 9.99. The Hall–Kier alpha value is -1.00. The highest BCUT2D eigenvalue weighted by Gasteiger charge is 2.27. The second-order valence-electron chi connectivity index (χ2n) is 5.66. The molecule has 0 spiro atoms. The van der Waals surface area contributed by atoms with E-state index in [0.717, 1.165) is 31.8 Å². The van der Waals surface area contributed by atoms with Crippen LogP contribution in [-0.2, 0) is 11.2 Å². The molecule has 2 atom stereocenters. The van der Waals surface area contributed by atoms with Crippen molar-refractivity contribution in [1.82, 2.24) is 10.6 Å². The quantitative estimate of drug-likeness (QED) is 0.896. The van der Waals surface area contributed by atoms with Gasteiger partial charge in [-0.25, -0.2) is 0 Å². The molecule has 20 heavy (non-hydrogen) atoms. The molecular weight excluding hydrogens is 268 g/mol. The molecule has 3 nitrogen and oxygen atoms in total. The third-order valence-corrected chi connectivity index (χ3v) is 5.44.